The highest BCUT2D eigenvalue weighted by molar-refractivity contribution is 8.00. The van der Waals surface area contributed by atoms with Gasteiger partial charge >= 0.3 is 5.97 Å². The number of rotatable bonds is 1. The minimum Gasteiger partial charge on any atom is -0.477 e. The average molecular weight is 278 g/mol. The lowest BCUT2D eigenvalue weighted by Gasteiger charge is -2.47. The van der Waals surface area contributed by atoms with Crippen molar-refractivity contribution in [2.45, 2.75) is 12.3 Å². The number of hydrogen-bond donors (Lipinski definition) is 1. The van der Waals surface area contributed by atoms with Crippen LogP contribution in [0.5, 0.6) is 0 Å². The number of fused-ring (bicyclic) bond motifs is 1. The zero-order valence-corrected chi connectivity index (χ0v) is 11.2. The molecule has 6 heteroatoms. The molecule has 3 heterocycles. The first-order valence-corrected chi connectivity index (χ1v) is 6.91. The normalized spacial score (nSPS) is 24.4. The van der Waals surface area contributed by atoms with E-state index in [9.17, 15) is 9.59 Å². The van der Waals surface area contributed by atoms with Crippen LogP contribution in [0.3, 0.4) is 0 Å². The van der Waals surface area contributed by atoms with Gasteiger partial charge in [-0.25, -0.2) is 4.79 Å². The lowest BCUT2D eigenvalue weighted by Crippen LogP contribution is -2.59. The lowest BCUT2D eigenvalue weighted by molar-refractivity contribution is -0.151. The number of aliphatic carboxylic acids is 1. The number of aromatic nitrogens is 1. The number of hydrogen-bond acceptors (Lipinski definition) is 4. The fourth-order valence-corrected chi connectivity index (χ4v) is 3.13. The number of nitrogens with zero attached hydrogens (tertiary/aromatic N) is 2. The Morgan fingerprint density at radius 1 is 1.42 bits per heavy atom. The van der Waals surface area contributed by atoms with Gasteiger partial charge in [-0.2, -0.15) is 0 Å². The molecule has 19 heavy (non-hydrogen) atoms. The summed E-state index contributed by atoms with van der Waals surface area (Å²) in [6.45, 7) is 1.83. The Kier molecular flexibility index (Phi) is 4.21. The van der Waals surface area contributed by atoms with Crippen LogP contribution < -0.4 is 0 Å². The molecule has 2 aliphatic heterocycles. The first kappa shape index (κ1) is 13.6. The minimum atomic E-state index is -1.01. The summed E-state index contributed by atoms with van der Waals surface area (Å²) in [6, 6.07) is 5.72. The maximum absolute atomic E-state index is 11.3. The quantitative estimate of drug-likeness (QED) is 0.790. The summed E-state index contributed by atoms with van der Waals surface area (Å²) < 4.78 is 0. The van der Waals surface area contributed by atoms with E-state index in [1.54, 1.807) is 30.2 Å². The highest BCUT2D eigenvalue weighted by Gasteiger charge is 2.49. The van der Waals surface area contributed by atoms with Crippen molar-refractivity contribution in [2.24, 2.45) is 5.92 Å². The van der Waals surface area contributed by atoms with Gasteiger partial charge in [-0.15, -0.1) is 11.8 Å². The summed E-state index contributed by atoms with van der Waals surface area (Å²) in [4.78, 5) is 27.2. The third kappa shape index (κ3) is 2.78. The van der Waals surface area contributed by atoms with Gasteiger partial charge in [0.25, 0.3) is 0 Å². The predicted octanol–water partition coefficient (Wildman–Crippen LogP) is 1.59. The molecule has 0 spiro atoms. The van der Waals surface area contributed by atoms with Crippen molar-refractivity contribution in [3.63, 3.8) is 0 Å². The smallest absolute Gasteiger partial charge is 0.352 e. The number of thioether (sulfide) groups is 1. The van der Waals surface area contributed by atoms with E-state index < -0.39 is 5.97 Å². The molecule has 5 nitrogen and oxygen atoms in total. The standard InChI is InChI=1S/C8H9NO3S.C5H5N/c1-4-6(10)9-5(8(11)12)2-3-13-7(4)9;1-2-4-6-5-3-1/h2,4,7H,3H2,1H3,(H,11,12);1-5H/t4?,7-;/m0./s1. The van der Waals surface area contributed by atoms with Crippen molar-refractivity contribution in [2.75, 3.05) is 5.75 Å². The lowest BCUT2D eigenvalue weighted by atomic mass is 9.99. The second-order valence-corrected chi connectivity index (χ2v) is 5.29. The fourth-order valence-electron chi connectivity index (χ4n) is 1.91. The van der Waals surface area contributed by atoms with Gasteiger partial charge in [0.15, 0.2) is 0 Å². The summed E-state index contributed by atoms with van der Waals surface area (Å²) in [5, 5.41) is 8.84. The molecule has 1 aromatic rings. The van der Waals surface area contributed by atoms with Crippen LogP contribution in [-0.4, -0.2) is 38.0 Å². The van der Waals surface area contributed by atoms with E-state index in [0.29, 0.717) is 5.75 Å². The molecule has 1 unspecified atom stereocenters. The van der Waals surface area contributed by atoms with Gasteiger partial charge < -0.3 is 5.11 Å². The van der Waals surface area contributed by atoms with E-state index in [1.165, 1.54) is 4.90 Å². The molecule has 1 N–H and O–H groups in total. The molecular formula is C13H14N2O3S. The van der Waals surface area contributed by atoms with Gasteiger partial charge in [0, 0.05) is 18.1 Å². The van der Waals surface area contributed by atoms with Crippen molar-refractivity contribution in [3.8, 4) is 0 Å². The van der Waals surface area contributed by atoms with Crippen molar-refractivity contribution in [3.05, 3.63) is 42.4 Å². The van der Waals surface area contributed by atoms with Crippen LogP contribution in [0.4, 0.5) is 0 Å². The molecule has 1 fully saturated rings. The Labute approximate surface area is 115 Å². The van der Waals surface area contributed by atoms with E-state index >= 15 is 0 Å². The molecule has 0 radical (unpaired) electrons. The summed E-state index contributed by atoms with van der Waals surface area (Å²) in [6.07, 6.45) is 5.09. The van der Waals surface area contributed by atoms with E-state index in [-0.39, 0.29) is 22.9 Å². The van der Waals surface area contributed by atoms with Crippen molar-refractivity contribution < 1.29 is 14.7 Å². The number of carboxylic acid groups (broad SMARTS) is 1. The molecule has 0 aliphatic carbocycles. The second kappa shape index (κ2) is 5.88. The maximum Gasteiger partial charge on any atom is 0.352 e. The summed E-state index contributed by atoms with van der Waals surface area (Å²) in [5.74, 6) is -0.440. The third-order valence-electron chi connectivity index (χ3n) is 2.90. The first-order valence-electron chi connectivity index (χ1n) is 5.86. The van der Waals surface area contributed by atoms with Gasteiger partial charge in [0.05, 0.1) is 11.3 Å². The van der Waals surface area contributed by atoms with Crippen LogP contribution in [0, 0.1) is 5.92 Å². The van der Waals surface area contributed by atoms with Crippen LogP contribution in [0.1, 0.15) is 6.92 Å². The highest BCUT2D eigenvalue weighted by Crippen LogP contribution is 2.40. The van der Waals surface area contributed by atoms with Gasteiger partial charge in [0.1, 0.15) is 5.70 Å². The molecule has 2 atom stereocenters. The SMILES string of the molecule is CC1C(=O)N2C(C(=O)O)=CCS[C@@H]12.c1ccncc1. The minimum absolute atomic E-state index is 0.0342. The topological polar surface area (TPSA) is 70.5 Å². The first-order chi connectivity index (χ1) is 9.13. The van der Waals surface area contributed by atoms with Gasteiger partial charge in [-0.05, 0) is 18.2 Å². The number of carbonyl (C=O) groups is 2. The molecule has 0 bridgehead atoms. The second-order valence-electron chi connectivity index (χ2n) is 4.14. The monoisotopic (exact) mass is 278 g/mol. The zero-order valence-electron chi connectivity index (χ0n) is 10.4. The average Bonchev–Trinajstić information content (AvgIpc) is 2.48. The Morgan fingerprint density at radius 2 is 2.11 bits per heavy atom. The molecule has 2 aliphatic rings. The molecular weight excluding hydrogens is 264 g/mol. The van der Waals surface area contributed by atoms with Crippen LogP contribution in [0.2, 0.25) is 0 Å². The largest absolute Gasteiger partial charge is 0.477 e. The molecule has 100 valence electrons. The number of β-lactam (4-membered cyclic amide) rings is 1. The predicted molar refractivity (Wildman–Crippen MR) is 72.2 cm³/mol. The van der Waals surface area contributed by atoms with Crippen molar-refractivity contribution in [1.29, 1.82) is 0 Å². The summed E-state index contributed by atoms with van der Waals surface area (Å²) in [5.41, 5.74) is 0.145. The van der Waals surface area contributed by atoms with Crippen LogP contribution in [-0.2, 0) is 9.59 Å². The molecule has 0 aromatic carbocycles. The molecule has 0 saturated carbocycles. The molecule has 1 saturated heterocycles. The van der Waals surface area contributed by atoms with Crippen molar-refractivity contribution in [1.82, 2.24) is 9.88 Å². The van der Waals surface area contributed by atoms with Gasteiger partial charge in [-0.1, -0.05) is 13.0 Å². The Bertz CT molecular complexity index is 477. The Balaban J connectivity index is 0.000000186. The van der Waals surface area contributed by atoms with Gasteiger partial charge in [0.2, 0.25) is 5.91 Å². The summed E-state index contributed by atoms with van der Waals surface area (Å²) >= 11 is 1.61. The van der Waals surface area contributed by atoms with Crippen LogP contribution in [0.25, 0.3) is 0 Å². The Hall–Kier alpha value is -1.82. The molecule has 3 rings (SSSR count). The fraction of sp³-hybridized carbons (Fsp3) is 0.308. The van der Waals surface area contributed by atoms with E-state index in [4.69, 9.17) is 5.11 Å². The third-order valence-corrected chi connectivity index (χ3v) is 4.22. The van der Waals surface area contributed by atoms with Crippen molar-refractivity contribution >= 4 is 23.6 Å². The van der Waals surface area contributed by atoms with Crippen LogP contribution >= 0.6 is 11.8 Å². The maximum atomic E-state index is 11.3. The highest BCUT2D eigenvalue weighted by atomic mass is 32.2. The van der Waals surface area contributed by atoms with Crippen LogP contribution in [0.15, 0.2) is 42.4 Å². The number of carboxylic acids is 1. The van der Waals surface area contributed by atoms with E-state index in [2.05, 4.69) is 4.98 Å². The summed E-state index contributed by atoms with van der Waals surface area (Å²) in [7, 11) is 0. The number of pyridine rings is 1. The zero-order chi connectivity index (χ0) is 13.8. The number of carbonyl (C=O) groups excluding carboxylic acids is 1. The van der Waals surface area contributed by atoms with Gasteiger partial charge in [-0.3, -0.25) is 14.7 Å². The van der Waals surface area contributed by atoms with E-state index in [0.717, 1.165) is 0 Å². The van der Waals surface area contributed by atoms with E-state index in [1.807, 2.05) is 25.1 Å². The molecule has 1 aromatic heterocycles. The Morgan fingerprint density at radius 3 is 2.58 bits per heavy atom. The molecule has 1 amide bonds. The number of amides is 1.